The van der Waals surface area contributed by atoms with Gasteiger partial charge in [0.2, 0.25) is 12.7 Å². The third kappa shape index (κ3) is 4.93. The van der Waals surface area contributed by atoms with Crippen molar-refractivity contribution in [2.45, 2.75) is 39.2 Å². The molecule has 0 fully saturated rings. The summed E-state index contributed by atoms with van der Waals surface area (Å²) in [5.74, 6) is 1.77. The van der Waals surface area contributed by atoms with Crippen LogP contribution in [0.4, 0.5) is 0 Å². The summed E-state index contributed by atoms with van der Waals surface area (Å²) >= 11 is 0. The smallest absolute Gasteiger partial charge is 0.231 e. The van der Waals surface area contributed by atoms with Gasteiger partial charge in [0, 0.05) is 25.6 Å². The van der Waals surface area contributed by atoms with Crippen LogP contribution in [0.5, 0.6) is 11.5 Å². The maximum Gasteiger partial charge on any atom is 0.231 e. The summed E-state index contributed by atoms with van der Waals surface area (Å²) in [5, 5.41) is 6.17. The normalized spacial score (nSPS) is 14.0. The third-order valence-corrected chi connectivity index (χ3v) is 3.52. The van der Waals surface area contributed by atoms with Crippen LogP contribution in [0.15, 0.2) is 18.2 Å². The monoisotopic (exact) mass is 292 g/mol. The molecule has 0 spiro atoms. The van der Waals surface area contributed by atoms with E-state index in [0.29, 0.717) is 32.3 Å². The molecule has 2 rings (SSSR count). The fourth-order valence-corrected chi connectivity index (χ4v) is 2.30. The Kier molecular flexibility index (Phi) is 5.87. The molecule has 1 aromatic carbocycles. The van der Waals surface area contributed by atoms with E-state index in [9.17, 15) is 4.79 Å². The van der Waals surface area contributed by atoms with Crippen LogP contribution in [0.25, 0.3) is 0 Å². The minimum Gasteiger partial charge on any atom is -0.454 e. The number of hydrogen-bond acceptors (Lipinski definition) is 4. The van der Waals surface area contributed by atoms with Crippen molar-refractivity contribution in [3.05, 3.63) is 23.8 Å². The zero-order valence-electron chi connectivity index (χ0n) is 12.8. The van der Waals surface area contributed by atoms with E-state index in [1.54, 1.807) is 0 Å². The first-order valence-electron chi connectivity index (χ1n) is 7.57. The Labute approximate surface area is 126 Å². The molecule has 21 heavy (non-hydrogen) atoms. The molecule has 1 aromatic rings. The van der Waals surface area contributed by atoms with Gasteiger partial charge in [-0.15, -0.1) is 0 Å². The largest absolute Gasteiger partial charge is 0.454 e. The Morgan fingerprint density at radius 2 is 2.14 bits per heavy atom. The van der Waals surface area contributed by atoms with Crippen molar-refractivity contribution in [2.75, 3.05) is 19.9 Å². The van der Waals surface area contributed by atoms with Gasteiger partial charge >= 0.3 is 0 Å². The molecule has 116 valence electrons. The Morgan fingerprint density at radius 3 is 2.95 bits per heavy atom. The molecule has 5 heteroatoms. The number of hydrogen-bond donors (Lipinski definition) is 2. The first-order chi connectivity index (χ1) is 10.2. The van der Waals surface area contributed by atoms with Crippen LogP contribution in [0.1, 0.15) is 32.3 Å². The zero-order chi connectivity index (χ0) is 15.1. The van der Waals surface area contributed by atoms with Gasteiger partial charge in [0.25, 0.3) is 0 Å². The number of fused-ring (bicyclic) bond motifs is 1. The molecule has 0 radical (unpaired) electrons. The molecule has 1 unspecified atom stereocenters. The van der Waals surface area contributed by atoms with Crippen molar-refractivity contribution in [1.29, 1.82) is 0 Å². The molecule has 1 heterocycles. The van der Waals surface area contributed by atoms with E-state index >= 15 is 0 Å². The second-order valence-electron chi connectivity index (χ2n) is 5.28. The van der Waals surface area contributed by atoms with Crippen molar-refractivity contribution >= 4 is 5.91 Å². The van der Waals surface area contributed by atoms with E-state index in [1.165, 1.54) is 5.56 Å². The third-order valence-electron chi connectivity index (χ3n) is 3.52. The number of ether oxygens (including phenoxy) is 2. The van der Waals surface area contributed by atoms with Crippen molar-refractivity contribution in [3.8, 4) is 11.5 Å². The van der Waals surface area contributed by atoms with Gasteiger partial charge in [0.15, 0.2) is 11.5 Å². The molecule has 0 bridgehead atoms. The maximum atomic E-state index is 11.3. The summed E-state index contributed by atoms with van der Waals surface area (Å²) in [6, 6.07) is 6.47. The number of rotatable bonds is 8. The van der Waals surface area contributed by atoms with Gasteiger partial charge in [-0.25, -0.2) is 0 Å². The minimum atomic E-state index is 0.105. The lowest BCUT2D eigenvalue weighted by Gasteiger charge is -2.13. The second-order valence-corrected chi connectivity index (χ2v) is 5.28. The second kappa shape index (κ2) is 7.88. The summed E-state index contributed by atoms with van der Waals surface area (Å²) in [5.41, 5.74) is 1.25. The Morgan fingerprint density at radius 1 is 1.33 bits per heavy atom. The molecule has 1 amide bonds. The van der Waals surface area contributed by atoms with E-state index in [0.717, 1.165) is 24.3 Å². The van der Waals surface area contributed by atoms with Gasteiger partial charge in [0.05, 0.1) is 0 Å². The quantitative estimate of drug-likeness (QED) is 0.768. The first kappa shape index (κ1) is 15.6. The Bertz CT molecular complexity index is 477. The SMILES string of the molecule is CCNC(=O)CCNC(C)CCc1ccc2c(c1)OCO2. The summed E-state index contributed by atoms with van der Waals surface area (Å²) in [4.78, 5) is 11.3. The Balaban J connectivity index is 1.67. The number of amides is 1. The fourth-order valence-electron chi connectivity index (χ4n) is 2.30. The van der Waals surface area contributed by atoms with E-state index in [2.05, 4.69) is 23.6 Å². The average Bonchev–Trinajstić information content (AvgIpc) is 2.93. The van der Waals surface area contributed by atoms with Crippen molar-refractivity contribution in [1.82, 2.24) is 10.6 Å². The Hall–Kier alpha value is -1.75. The number of aryl methyl sites for hydroxylation is 1. The van der Waals surface area contributed by atoms with Crippen molar-refractivity contribution < 1.29 is 14.3 Å². The average molecular weight is 292 g/mol. The van der Waals surface area contributed by atoms with E-state index in [1.807, 2.05) is 19.1 Å². The molecular formula is C16H24N2O3. The van der Waals surface area contributed by atoms with Gasteiger partial charge in [0.1, 0.15) is 0 Å². The number of carbonyl (C=O) groups is 1. The molecular weight excluding hydrogens is 268 g/mol. The minimum absolute atomic E-state index is 0.105. The van der Waals surface area contributed by atoms with E-state index in [-0.39, 0.29) is 5.91 Å². The van der Waals surface area contributed by atoms with Crippen LogP contribution < -0.4 is 20.1 Å². The molecule has 1 aliphatic heterocycles. The summed E-state index contributed by atoms with van der Waals surface area (Å²) in [7, 11) is 0. The van der Waals surface area contributed by atoms with Crippen molar-refractivity contribution in [3.63, 3.8) is 0 Å². The molecule has 0 aromatic heterocycles. The van der Waals surface area contributed by atoms with Crippen LogP contribution >= 0.6 is 0 Å². The van der Waals surface area contributed by atoms with Crippen LogP contribution in [0.3, 0.4) is 0 Å². The molecule has 5 nitrogen and oxygen atoms in total. The van der Waals surface area contributed by atoms with Crippen LogP contribution in [-0.4, -0.2) is 31.8 Å². The van der Waals surface area contributed by atoms with Crippen LogP contribution in [0, 0.1) is 0 Å². The summed E-state index contributed by atoms with van der Waals surface area (Å²) < 4.78 is 10.7. The lowest BCUT2D eigenvalue weighted by atomic mass is 10.1. The molecule has 0 aliphatic carbocycles. The molecule has 0 saturated heterocycles. The molecule has 1 aliphatic rings. The van der Waals surface area contributed by atoms with E-state index < -0.39 is 0 Å². The highest BCUT2D eigenvalue weighted by atomic mass is 16.7. The summed E-state index contributed by atoms with van der Waals surface area (Å²) in [6.07, 6.45) is 2.53. The van der Waals surface area contributed by atoms with Gasteiger partial charge in [-0.05, 0) is 44.4 Å². The lowest BCUT2D eigenvalue weighted by Crippen LogP contribution is -2.32. The standard InChI is InChI=1S/C16H24N2O3/c1-3-17-16(19)8-9-18-12(2)4-5-13-6-7-14-15(10-13)21-11-20-14/h6-7,10,12,18H,3-5,8-9,11H2,1-2H3,(H,17,19). The highest BCUT2D eigenvalue weighted by Crippen LogP contribution is 2.32. The predicted octanol–water partition coefficient (Wildman–Crippen LogP) is 1.85. The van der Waals surface area contributed by atoms with Gasteiger partial charge in [-0.3, -0.25) is 4.79 Å². The predicted molar refractivity (Wildman–Crippen MR) is 81.7 cm³/mol. The van der Waals surface area contributed by atoms with Gasteiger partial charge < -0.3 is 20.1 Å². The summed E-state index contributed by atoms with van der Waals surface area (Å²) in [6.45, 7) is 5.80. The van der Waals surface area contributed by atoms with Crippen LogP contribution in [0.2, 0.25) is 0 Å². The zero-order valence-corrected chi connectivity index (χ0v) is 12.8. The molecule has 0 saturated carbocycles. The maximum absolute atomic E-state index is 11.3. The number of benzene rings is 1. The topological polar surface area (TPSA) is 59.6 Å². The number of nitrogens with one attached hydrogen (secondary N) is 2. The van der Waals surface area contributed by atoms with Crippen molar-refractivity contribution in [2.24, 2.45) is 0 Å². The first-order valence-corrected chi connectivity index (χ1v) is 7.57. The fraction of sp³-hybridized carbons (Fsp3) is 0.562. The highest BCUT2D eigenvalue weighted by molar-refractivity contribution is 5.75. The van der Waals surface area contributed by atoms with Gasteiger partial charge in [-0.2, -0.15) is 0 Å². The molecule has 1 atom stereocenters. The van der Waals surface area contributed by atoms with Gasteiger partial charge in [-0.1, -0.05) is 6.07 Å². The number of carbonyl (C=O) groups excluding carboxylic acids is 1. The van der Waals surface area contributed by atoms with Crippen LogP contribution in [-0.2, 0) is 11.2 Å². The highest BCUT2D eigenvalue weighted by Gasteiger charge is 2.13. The molecule has 2 N–H and O–H groups in total. The van der Waals surface area contributed by atoms with E-state index in [4.69, 9.17) is 9.47 Å². The lowest BCUT2D eigenvalue weighted by molar-refractivity contribution is -0.120.